The SMILES string of the molecule is CN(C)C(ON1C(=O)CCC1=O)=[N+](C)C.FB(F)F.[F-]. The Morgan fingerprint density at radius 3 is 1.80 bits per heavy atom. The van der Waals surface area contributed by atoms with Crippen LogP contribution in [0, 0.1) is 0 Å². The summed E-state index contributed by atoms with van der Waals surface area (Å²) in [5.74, 6) is -0.581. The molecule has 0 saturated carbocycles. The van der Waals surface area contributed by atoms with Gasteiger partial charge in [0.25, 0.3) is 11.8 Å². The van der Waals surface area contributed by atoms with Gasteiger partial charge < -0.3 is 4.70 Å². The second kappa shape index (κ2) is 9.15. The molecule has 11 heteroatoms. The Kier molecular flexibility index (Phi) is 9.39. The van der Waals surface area contributed by atoms with Crippen LogP contribution < -0.4 is 4.70 Å². The number of amides is 2. The number of hydrogen-bond acceptors (Lipinski definition) is 3. The second-order valence-corrected chi connectivity index (χ2v) is 3.99. The molecule has 1 aliphatic rings. The molecule has 6 nitrogen and oxygen atoms in total. The topological polar surface area (TPSA) is 52.9 Å². The summed E-state index contributed by atoms with van der Waals surface area (Å²) in [7, 11) is 3.45. The van der Waals surface area contributed by atoms with E-state index in [0.29, 0.717) is 6.02 Å². The van der Waals surface area contributed by atoms with Crippen LogP contribution >= 0.6 is 0 Å². The average Bonchev–Trinajstić information content (AvgIpc) is 2.54. The number of carbonyl (C=O) groups excluding carboxylic acids is 2. The minimum atomic E-state index is -3.67. The fraction of sp³-hybridized carbons (Fsp3) is 0.667. The zero-order chi connectivity index (χ0) is 15.2. The zero-order valence-corrected chi connectivity index (χ0v) is 11.6. The van der Waals surface area contributed by atoms with Gasteiger partial charge in [0.05, 0.1) is 28.2 Å². The summed E-state index contributed by atoms with van der Waals surface area (Å²) in [6, 6.07) is 0.443. The van der Waals surface area contributed by atoms with Crippen molar-refractivity contribution in [3.05, 3.63) is 0 Å². The lowest BCUT2D eigenvalue weighted by atomic mass is 10.4. The Labute approximate surface area is 114 Å². The van der Waals surface area contributed by atoms with Gasteiger partial charge in [0.1, 0.15) is 0 Å². The highest BCUT2D eigenvalue weighted by molar-refractivity contribution is 6.33. The molecule has 0 aromatic rings. The van der Waals surface area contributed by atoms with Crippen molar-refractivity contribution in [2.45, 2.75) is 12.8 Å². The van der Waals surface area contributed by atoms with Crippen LogP contribution in [0.25, 0.3) is 0 Å². The van der Waals surface area contributed by atoms with E-state index in [1.165, 1.54) is 0 Å². The predicted molar refractivity (Wildman–Crippen MR) is 62.1 cm³/mol. The maximum absolute atomic E-state index is 11.3. The minimum Gasteiger partial charge on any atom is -1.00 e. The molecule has 0 bridgehead atoms. The standard InChI is InChI=1S/C9H16N3O3.BF3.FH/c1-10(2)9(11(3)4)15-12-7(13)5-6-8(12)14;2-1(3)4;/h5-6H2,1-4H3;;1H/q+1;;/p-1. The predicted octanol–water partition coefficient (Wildman–Crippen LogP) is -2.86. The van der Waals surface area contributed by atoms with Gasteiger partial charge in [0.15, 0.2) is 0 Å². The molecule has 0 aliphatic carbocycles. The third kappa shape index (κ3) is 6.95. The van der Waals surface area contributed by atoms with Crippen molar-refractivity contribution in [3.8, 4) is 0 Å². The van der Waals surface area contributed by atoms with Gasteiger partial charge in [-0.2, -0.15) is 0 Å². The number of carbonyl (C=O) groups is 2. The zero-order valence-electron chi connectivity index (χ0n) is 11.6. The highest BCUT2D eigenvalue weighted by Crippen LogP contribution is 2.12. The van der Waals surface area contributed by atoms with E-state index in [1.54, 1.807) is 37.7 Å². The number of rotatable bonds is 1. The van der Waals surface area contributed by atoms with Crippen molar-refractivity contribution in [1.29, 1.82) is 0 Å². The average molecular weight is 301 g/mol. The molecular weight excluding hydrogens is 285 g/mol. The van der Waals surface area contributed by atoms with E-state index in [2.05, 4.69) is 0 Å². The number of imide groups is 1. The van der Waals surface area contributed by atoms with E-state index >= 15 is 0 Å². The molecule has 0 aromatic carbocycles. The summed E-state index contributed by atoms with van der Waals surface area (Å²) < 4.78 is 30.7. The first kappa shape index (κ1) is 20.5. The lowest BCUT2D eigenvalue weighted by Crippen LogP contribution is -3.00. The molecule has 0 spiro atoms. The van der Waals surface area contributed by atoms with Crippen LogP contribution in [-0.4, -0.2) is 68.1 Å². The van der Waals surface area contributed by atoms with Crippen molar-refractivity contribution < 1.29 is 36.7 Å². The Balaban J connectivity index is 0. The fourth-order valence-electron chi connectivity index (χ4n) is 1.30. The first-order valence-corrected chi connectivity index (χ1v) is 5.34. The Morgan fingerprint density at radius 1 is 1.20 bits per heavy atom. The van der Waals surface area contributed by atoms with Gasteiger partial charge in [0, 0.05) is 12.8 Å². The number of nitrogens with zero attached hydrogens (tertiary/aromatic N) is 3. The van der Waals surface area contributed by atoms with Crippen molar-refractivity contribution in [1.82, 2.24) is 9.96 Å². The van der Waals surface area contributed by atoms with E-state index in [-0.39, 0.29) is 29.4 Å². The van der Waals surface area contributed by atoms with E-state index < -0.39 is 7.54 Å². The Hall–Kier alpha value is -1.81. The van der Waals surface area contributed by atoms with E-state index in [1.807, 2.05) is 0 Å². The lowest BCUT2D eigenvalue weighted by molar-refractivity contribution is -0.484. The molecule has 0 aromatic heterocycles. The first-order chi connectivity index (χ1) is 8.66. The monoisotopic (exact) mass is 301 g/mol. The van der Waals surface area contributed by atoms with Crippen LogP contribution in [0.4, 0.5) is 12.9 Å². The molecule has 1 rings (SSSR count). The summed E-state index contributed by atoms with van der Waals surface area (Å²) in [5, 5.41) is 0.829. The quantitative estimate of drug-likeness (QED) is 0.131. The van der Waals surface area contributed by atoms with Gasteiger partial charge in [-0.3, -0.25) is 27.4 Å². The molecule has 1 heterocycles. The van der Waals surface area contributed by atoms with Crippen LogP contribution in [0.1, 0.15) is 12.8 Å². The van der Waals surface area contributed by atoms with Gasteiger partial charge in [-0.05, 0) is 0 Å². The molecule has 0 N–H and O–H groups in total. The molecule has 0 atom stereocenters. The van der Waals surface area contributed by atoms with E-state index in [9.17, 15) is 22.5 Å². The van der Waals surface area contributed by atoms with Crippen molar-refractivity contribution in [2.24, 2.45) is 0 Å². The lowest BCUT2D eigenvalue weighted by Gasteiger charge is -2.16. The van der Waals surface area contributed by atoms with Crippen LogP contribution in [0.15, 0.2) is 0 Å². The van der Waals surface area contributed by atoms with Crippen LogP contribution in [0.5, 0.6) is 0 Å². The maximum atomic E-state index is 11.3. The molecule has 1 aliphatic heterocycles. The number of amidine groups is 1. The van der Waals surface area contributed by atoms with E-state index in [0.717, 1.165) is 5.06 Å². The molecule has 1 fully saturated rings. The summed E-state index contributed by atoms with van der Waals surface area (Å²) in [4.78, 5) is 29.5. The molecule has 116 valence electrons. The fourth-order valence-corrected chi connectivity index (χ4v) is 1.30. The normalized spacial score (nSPS) is 13.1. The smallest absolute Gasteiger partial charge is 0.762 e. The molecule has 1 saturated heterocycles. The van der Waals surface area contributed by atoms with Gasteiger partial charge in [-0.1, -0.05) is 5.06 Å². The van der Waals surface area contributed by atoms with Crippen molar-refractivity contribution >= 4 is 25.4 Å². The highest BCUT2D eigenvalue weighted by atomic mass is 19.4. The number of hydroxylamine groups is 2. The van der Waals surface area contributed by atoms with Crippen LogP contribution in [0.2, 0.25) is 0 Å². The van der Waals surface area contributed by atoms with E-state index in [4.69, 9.17) is 4.84 Å². The van der Waals surface area contributed by atoms with Crippen LogP contribution in [-0.2, 0) is 14.4 Å². The summed E-state index contributed by atoms with van der Waals surface area (Å²) in [6.07, 6.45) is 0.458. The summed E-state index contributed by atoms with van der Waals surface area (Å²) >= 11 is 0. The van der Waals surface area contributed by atoms with Gasteiger partial charge in [-0.25, -0.2) is 9.48 Å². The summed E-state index contributed by atoms with van der Waals surface area (Å²) in [6.45, 7) is 0. The van der Waals surface area contributed by atoms with Crippen LogP contribution in [0.3, 0.4) is 0 Å². The Morgan fingerprint density at radius 2 is 1.55 bits per heavy atom. The van der Waals surface area contributed by atoms with Gasteiger partial charge in [-0.15, -0.1) is 0 Å². The largest absolute Gasteiger partial charge is 1.00 e. The minimum absolute atomic E-state index is 0. The first-order valence-electron chi connectivity index (χ1n) is 5.34. The Bertz CT molecular complexity index is 357. The molecule has 20 heavy (non-hydrogen) atoms. The molecule has 2 amide bonds. The van der Waals surface area contributed by atoms with Crippen molar-refractivity contribution in [3.63, 3.8) is 0 Å². The summed E-state index contributed by atoms with van der Waals surface area (Å²) in [5.41, 5.74) is 0. The number of hydrogen-bond donors (Lipinski definition) is 0. The second-order valence-electron chi connectivity index (χ2n) is 3.99. The molecule has 0 unspecified atom stereocenters. The highest BCUT2D eigenvalue weighted by Gasteiger charge is 2.34. The van der Waals surface area contributed by atoms with Gasteiger partial charge in [0.2, 0.25) is 0 Å². The van der Waals surface area contributed by atoms with Crippen molar-refractivity contribution in [2.75, 3.05) is 28.2 Å². The van der Waals surface area contributed by atoms with Gasteiger partial charge >= 0.3 is 13.6 Å². The number of halogens is 4. The maximum Gasteiger partial charge on any atom is 0.762 e. The molecular formula is C9H16BF4N3O3. The molecule has 0 radical (unpaired) electrons. The third-order valence-corrected chi connectivity index (χ3v) is 1.94. The third-order valence-electron chi connectivity index (χ3n) is 1.94.